The van der Waals surface area contributed by atoms with E-state index in [4.69, 9.17) is 21.7 Å². The maximum Gasteiger partial charge on any atom is 0.161 e. The maximum absolute atomic E-state index is 8.92. The lowest BCUT2D eigenvalue weighted by atomic mass is 10.4. The van der Waals surface area contributed by atoms with Crippen LogP contribution in [-0.2, 0) is 0 Å². The SMILES string of the molecule is CC(O)CN=C(N)C(N)=NCC(C)O. The smallest absolute Gasteiger partial charge is 0.161 e. The molecule has 0 radical (unpaired) electrons. The van der Waals surface area contributed by atoms with Crippen LogP contribution in [0.3, 0.4) is 0 Å². The van der Waals surface area contributed by atoms with Gasteiger partial charge in [-0.1, -0.05) is 0 Å². The van der Waals surface area contributed by atoms with E-state index in [0.29, 0.717) is 0 Å². The van der Waals surface area contributed by atoms with Crippen molar-refractivity contribution < 1.29 is 10.2 Å². The maximum atomic E-state index is 8.92. The van der Waals surface area contributed by atoms with Gasteiger partial charge in [0.2, 0.25) is 0 Å². The molecule has 14 heavy (non-hydrogen) atoms. The van der Waals surface area contributed by atoms with E-state index in [1.807, 2.05) is 0 Å². The van der Waals surface area contributed by atoms with Gasteiger partial charge in [-0.15, -0.1) is 0 Å². The van der Waals surface area contributed by atoms with Crippen molar-refractivity contribution in [2.45, 2.75) is 26.1 Å². The Kier molecular flexibility index (Phi) is 5.82. The van der Waals surface area contributed by atoms with Crippen LogP contribution in [0.4, 0.5) is 0 Å². The third kappa shape index (κ3) is 6.38. The molecule has 0 aromatic carbocycles. The lowest BCUT2D eigenvalue weighted by molar-refractivity contribution is 0.203. The van der Waals surface area contributed by atoms with E-state index in [-0.39, 0.29) is 24.8 Å². The zero-order valence-electron chi connectivity index (χ0n) is 8.51. The van der Waals surface area contributed by atoms with Crippen molar-refractivity contribution in [1.82, 2.24) is 0 Å². The number of nitrogens with two attached hydrogens (primary N) is 2. The van der Waals surface area contributed by atoms with Crippen molar-refractivity contribution >= 4 is 11.7 Å². The van der Waals surface area contributed by atoms with Crippen LogP contribution in [0.2, 0.25) is 0 Å². The number of aliphatic imine (C=N–C) groups is 2. The summed E-state index contributed by atoms with van der Waals surface area (Å²) in [6.45, 7) is 3.58. The van der Waals surface area contributed by atoms with Crippen molar-refractivity contribution in [3.63, 3.8) is 0 Å². The van der Waals surface area contributed by atoms with Gasteiger partial charge in [0.1, 0.15) is 0 Å². The van der Waals surface area contributed by atoms with Gasteiger partial charge < -0.3 is 21.7 Å². The lowest BCUT2D eigenvalue weighted by Gasteiger charge is -2.03. The fourth-order valence-corrected chi connectivity index (χ4v) is 0.623. The van der Waals surface area contributed by atoms with E-state index < -0.39 is 12.2 Å². The lowest BCUT2D eigenvalue weighted by Crippen LogP contribution is -2.33. The number of nitrogens with zero attached hydrogens (tertiary/aromatic N) is 2. The van der Waals surface area contributed by atoms with Gasteiger partial charge in [-0.2, -0.15) is 0 Å². The molecule has 0 bridgehead atoms. The Balaban J connectivity index is 4.15. The summed E-state index contributed by atoms with van der Waals surface area (Å²) in [4.78, 5) is 7.62. The number of aliphatic hydroxyl groups excluding tert-OH is 2. The number of amidine groups is 2. The van der Waals surface area contributed by atoms with Gasteiger partial charge in [-0.05, 0) is 13.8 Å². The van der Waals surface area contributed by atoms with Gasteiger partial charge >= 0.3 is 0 Å². The predicted molar refractivity (Wildman–Crippen MR) is 56.3 cm³/mol. The summed E-state index contributed by atoms with van der Waals surface area (Å²) in [5.74, 6) is 0.179. The Morgan fingerprint density at radius 2 is 1.29 bits per heavy atom. The van der Waals surface area contributed by atoms with Crippen LogP contribution in [0.1, 0.15) is 13.8 Å². The highest BCUT2D eigenvalue weighted by molar-refractivity contribution is 6.39. The highest BCUT2D eigenvalue weighted by Gasteiger charge is 2.01. The summed E-state index contributed by atoms with van der Waals surface area (Å²) in [6, 6.07) is 0. The van der Waals surface area contributed by atoms with Crippen LogP contribution in [0.25, 0.3) is 0 Å². The van der Waals surface area contributed by atoms with Crippen LogP contribution < -0.4 is 11.5 Å². The van der Waals surface area contributed by atoms with E-state index in [1.165, 1.54) is 0 Å². The summed E-state index contributed by atoms with van der Waals surface area (Å²) in [5.41, 5.74) is 10.9. The molecule has 0 aliphatic heterocycles. The minimum Gasteiger partial charge on any atom is -0.391 e. The van der Waals surface area contributed by atoms with E-state index >= 15 is 0 Å². The Hall–Kier alpha value is -1.14. The molecule has 6 N–H and O–H groups in total. The molecule has 0 amide bonds. The monoisotopic (exact) mass is 202 g/mol. The molecule has 0 aromatic heterocycles. The molecule has 2 atom stereocenters. The van der Waals surface area contributed by atoms with Gasteiger partial charge in [-0.3, -0.25) is 9.98 Å². The minimum atomic E-state index is -0.557. The second-order valence-electron chi connectivity index (χ2n) is 3.15. The first-order valence-corrected chi connectivity index (χ1v) is 4.39. The molecule has 0 heterocycles. The predicted octanol–water partition coefficient (Wildman–Crippen LogP) is -1.54. The summed E-state index contributed by atoms with van der Waals surface area (Å²) in [7, 11) is 0. The van der Waals surface area contributed by atoms with Crippen LogP contribution in [0.15, 0.2) is 9.98 Å². The van der Waals surface area contributed by atoms with Crippen LogP contribution in [0, 0.1) is 0 Å². The van der Waals surface area contributed by atoms with Crippen molar-refractivity contribution in [3.8, 4) is 0 Å². The highest BCUT2D eigenvalue weighted by Crippen LogP contribution is 1.84. The fourth-order valence-electron chi connectivity index (χ4n) is 0.623. The largest absolute Gasteiger partial charge is 0.391 e. The molecule has 0 aliphatic carbocycles. The number of rotatable bonds is 4. The molecule has 82 valence electrons. The highest BCUT2D eigenvalue weighted by atomic mass is 16.3. The number of hydrogen-bond acceptors (Lipinski definition) is 4. The van der Waals surface area contributed by atoms with E-state index in [0.717, 1.165) is 0 Å². The molecular weight excluding hydrogens is 184 g/mol. The zero-order valence-corrected chi connectivity index (χ0v) is 8.51. The molecule has 6 nitrogen and oxygen atoms in total. The molecule has 0 saturated heterocycles. The first-order chi connectivity index (χ1) is 6.43. The van der Waals surface area contributed by atoms with Crippen molar-refractivity contribution in [2.24, 2.45) is 21.5 Å². The number of hydrogen-bond donors (Lipinski definition) is 4. The standard InChI is InChI=1S/C8H18N4O2/c1-5(13)3-11-7(9)8(10)12-4-6(2)14/h5-6,13-14H,3-4H2,1-2H3,(H2,9,11)(H2,10,12). The first-order valence-electron chi connectivity index (χ1n) is 4.39. The third-order valence-electron chi connectivity index (χ3n) is 1.31. The van der Waals surface area contributed by atoms with E-state index in [2.05, 4.69) is 9.98 Å². The van der Waals surface area contributed by atoms with Crippen molar-refractivity contribution in [3.05, 3.63) is 0 Å². The van der Waals surface area contributed by atoms with E-state index in [1.54, 1.807) is 13.8 Å². The second-order valence-corrected chi connectivity index (χ2v) is 3.15. The molecule has 0 aromatic rings. The molecule has 2 unspecified atom stereocenters. The van der Waals surface area contributed by atoms with Gasteiger partial charge in [0.05, 0.1) is 25.3 Å². The molecular formula is C8H18N4O2. The summed E-state index contributed by atoms with van der Waals surface area (Å²) in [5, 5.41) is 17.8. The van der Waals surface area contributed by atoms with Crippen molar-refractivity contribution in [1.29, 1.82) is 0 Å². The molecule has 6 heteroatoms. The van der Waals surface area contributed by atoms with Crippen LogP contribution >= 0.6 is 0 Å². The Bertz CT molecular complexity index is 199. The number of aliphatic hydroxyl groups is 2. The fraction of sp³-hybridized carbons (Fsp3) is 0.750. The molecule has 0 saturated carbocycles. The Morgan fingerprint density at radius 1 is 1.00 bits per heavy atom. The quantitative estimate of drug-likeness (QED) is 0.326. The van der Waals surface area contributed by atoms with Gasteiger partial charge in [0.25, 0.3) is 0 Å². The van der Waals surface area contributed by atoms with Gasteiger partial charge in [-0.25, -0.2) is 0 Å². The molecule has 0 rings (SSSR count). The van der Waals surface area contributed by atoms with Crippen LogP contribution in [-0.4, -0.2) is 47.2 Å². The van der Waals surface area contributed by atoms with E-state index in [9.17, 15) is 0 Å². The van der Waals surface area contributed by atoms with Gasteiger partial charge in [0, 0.05) is 0 Å². The second kappa shape index (κ2) is 6.33. The zero-order chi connectivity index (χ0) is 11.1. The van der Waals surface area contributed by atoms with Crippen molar-refractivity contribution in [2.75, 3.05) is 13.1 Å². The summed E-state index contributed by atoms with van der Waals surface area (Å²) in [6.07, 6.45) is -1.11. The molecule has 0 fully saturated rings. The Morgan fingerprint density at radius 3 is 1.50 bits per heavy atom. The molecule has 0 aliphatic rings. The average molecular weight is 202 g/mol. The Labute approximate surface area is 83.4 Å². The van der Waals surface area contributed by atoms with Crippen LogP contribution in [0.5, 0.6) is 0 Å². The van der Waals surface area contributed by atoms with Gasteiger partial charge in [0.15, 0.2) is 11.7 Å². The normalized spacial score (nSPS) is 18.0. The summed E-state index contributed by atoms with van der Waals surface area (Å²) < 4.78 is 0. The summed E-state index contributed by atoms with van der Waals surface area (Å²) >= 11 is 0. The topological polar surface area (TPSA) is 117 Å². The molecule has 0 spiro atoms. The minimum absolute atomic E-state index is 0.0894. The average Bonchev–Trinajstić information content (AvgIpc) is 2.09. The first kappa shape index (κ1) is 12.9. The third-order valence-corrected chi connectivity index (χ3v) is 1.31.